The van der Waals surface area contributed by atoms with Crippen LogP contribution in [0.15, 0.2) is 78.7 Å². The second-order valence-corrected chi connectivity index (χ2v) is 30.7. The van der Waals surface area contributed by atoms with Crippen LogP contribution in [0.5, 0.6) is 0 Å². The number of alkyl carbamates (subject to hydrolysis) is 2. The number of hydrogen-bond acceptors (Lipinski definition) is 18. The van der Waals surface area contributed by atoms with Crippen molar-refractivity contribution in [2.24, 2.45) is 47.2 Å². The van der Waals surface area contributed by atoms with Crippen LogP contribution >= 0.6 is 11.3 Å². The molecule has 2 aromatic heterocycles. The molecule has 0 aliphatic carbocycles. The van der Waals surface area contributed by atoms with Crippen molar-refractivity contribution in [1.29, 1.82) is 0 Å². The monoisotopic (exact) mass is 1470 g/mol. The third-order valence-corrected chi connectivity index (χ3v) is 20.5. The maximum absolute atomic E-state index is 14.9. The molecule has 11 atom stereocenters. The molecule has 4 aromatic rings. The summed E-state index contributed by atoms with van der Waals surface area (Å²) < 4.78 is 23.2. The van der Waals surface area contributed by atoms with Gasteiger partial charge in [0, 0.05) is 113 Å². The number of aromatic amines is 1. The molecular weight excluding hydrogens is 1350 g/mol. The number of likely N-dealkylation sites (N-methyl/N-ethyl adjacent to an activating group) is 1. The van der Waals surface area contributed by atoms with Crippen LogP contribution < -0.4 is 32.3 Å². The first-order chi connectivity index (χ1) is 49.2. The minimum atomic E-state index is -1.49. The number of anilines is 1. The number of thiazole rings is 1. The Bertz CT molecular complexity index is 3420. The molecule has 574 valence electrons. The minimum Gasteiger partial charge on any atom is -0.445 e. The summed E-state index contributed by atoms with van der Waals surface area (Å²) in [5, 5.41) is 16.4. The fraction of sp³-hybridized carbons (Fsp3) is 0.623. The van der Waals surface area contributed by atoms with Gasteiger partial charge in [-0.1, -0.05) is 104 Å². The van der Waals surface area contributed by atoms with E-state index < -0.39 is 107 Å². The summed E-state index contributed by atoms with van der Waals surface area (Å²) in [6.45, 7) is 22.1. The van der Waals surface area contributed by atoms with Crippen LogP contribution in [-0.2, 0) is 65.5 Å². The first-order valence-corrected chi connectivity index (χ1v) is 37.4. The number of nitrogens with zero attached hydrogens (tertiary/aromatic N) is 4. The number of urea groups is 1. The predicted molar refractivity (Wildman–Crippen MR) is 397 cm³/mol. The average Bonchev–Trinajstić information content (AvgIpc) is 1.51. The number of ketones is 4. The molecule has 2 aromatic carbocycles. The normalized spacial score (nSPS) is 16.1. The fourth-order valence-corrected chi connectivity index (χ4v) is 14.1. The fourth-order valence-electron chi connectivity index (χ4n) is 13.3. The van der Waals surface area contributed by atoms with Gasteiger partial charge in [0.2, 0.25) is 23.6 Å². The largest absolute Gasteiger partial charge is 0.445 e. The first kappa shape index (κ1) is 86.2. The van der Waals surface area contributed by atoms with Crippen LogP contribution in [0, 0.1) is 41.4 Å². The molecule has 8 N–H and O–H groups in total. The zero-order valence-corrected chi connectivity index (χ0v) is 64.5. The Kier molecular flexibility index (Phi) is 34.7. The van der Waals surface area contributed by atoms with Crippen molar-refractivity contribution >= 4 is 82.0 Å². The van der Waals surface area contributed by atoms with Gasteiger partial charge in [-0.05, 0) is 121 Å². The molecule has 0 unspecified atom stereocenters. The van der Waals surface area contributed by atoms with Gasteiger partial charge in [-0.25, -0.2) is 24.4 Å². The second-order valence-electron chi connectivity index (χ2n) is 29.8. The summed E-state index contributed by atoms with van der Waals surface area (Å²) in [5.74, 6) is -6.87. The lowest BCUT2D eigenvalue weighted by molar-refractivity contribution is -0.149. The highest BCUT2D eigenvalue weighted by Gasteiger charge is 2.44. The number of methoxy groups -OCH3 is 2. The van der Waals surface area contributed by atoms with Crippen LogP contribution in [-0.4, -0.2) is 172 Å². The van der Waals surface area contributed by atoms with Crippen molar-refractivity contribution in [3.63, 3.8) is 0 Å². The molecule has 0 bridgehead atoms. The number of Topliss-reactive ketones (excluding diaryl/α,β-unsaturated/α-hetero) is 4. The van der Waals surface area contributed by atoms with Gasteiger partial charge in [-0.2, -0.15) is 0 Å². The molecule has 1 aliphatic rings. The number of nitrogens with one attached hydrogen (secondary N) is 6. The maximum atomic E-state index is 14.9. The van der Waals surface area contributed by atoms with Crippen molar-refractivity contribution in [2.45, 2.75) is 227 Å². The average molecular weight is 1470 g/mol. The van der Waals surface area contributed by atoms with E-state index in [-0.39, 0.29) is 124 Å². The molecule has 0 spiro atoms. The summed E-state index contributed by atoms with van der Waals surface area (Å²) in [4.78, 5) is 166. The highest BCUT2D eigenvalue weighted by atomic mass is 32.1. The van der Waals surface area contributed by atoms with Crippen molar-refractivity contribution < 1.29 is 71.7 Å². The summed E-state index contributed by atoms with van der Waals surface area (Å²) in [5.41, 5.74) is 5.34. The number of rotatable bonds is 44. The van der Waals surface area contributed by atoms with E-state index in [2.05, 4.69) is 53.7 Å². The molecule has 3 heterocycles. The van der Waals surface area contributed by atoms with Crippen LogP contribution in [0.2, 0.25) is 0 Å². The van der Waals surface area contributed by atoms with E-state index in [9.17, 15) is 52.7 Å². The molecule has 1 fully saturated rings. The molecule has 1 aliphatic heterocycles. The Labute approximate surface area is 617 Å². The van der Waals surface area contributed by atoms with E-state index in [1.807, 2.05) is 63.1 Å². The lowest BCUT2D eigenvalue weighted by Crippen LogP contribution is -2.55. The lowest BCUT2D eigenvalue weighted by atomic mass is 9.83. The number of amides is 8. The van der Waals surface area contributed by atoms with Gasteiger partial charge in [0.05, 0.1) is 59.8 Å². The minimum absolute atomic E-state index is 0.0296. The molecule has 104 heavy (non-hydrogen) atoms. The third-order valence-electron chi connectivity index (χ3n) is 19.6. The van der Waals surface area contributed by atoms with Gasteiger partial charge in [0.1, 0.15) is 23.7 Å². The number of ether oxygens (including phenoxy) is 4. The number of benzene rings is 2. The van der Waals surface area contributed by atoms with Crippen molar-refractivity contribution in [3.8, 4) is 0 Å². The summed E-state index contributed by atoms with van der Waals surface area (Å²) in [6.07, 6.45) is 5.48. The summed E-state index contributed by atoms with van der Waals surface area (Å²) in [6, 6.07) is 13.7. The molecule has 0 radical (unpaired) electrons. The molecule has 5 rings (SSSR count). The van der Waals surface area contributed by atoms with Crippen molar-refractivity contribution in [1.82, 2.24) is 46.0 Å². The number of imidazole rings is 1. The van der Waals surface area contributed by atoms with Gasteiger partial charge in [-0.3, -0.25) is 38.4 Å². The Morgan fingerprint density at radius 3 is 2.03 bits per heavy atom. The molecule has 1 saturated heterocycles. The van der Waals surface area contributed by atoms with Crippen LogP contribution in [0.1, 0.15) is 199 Å². The molecule has 26 nitrogen and oxygen atoms in total. The predicted octanol–water partition coefficient (Wildman–Crippen LogP) is 10.7. The smallest absolute Gasteiger partial charge is 0.408 e. The van der Waals surface area contributed by atoms with E-state index in [0.717, 1.165) is 17.0 Å². The number of H-pyrrole nitrogens is 1. The number of hydrogen-bond donors (Lipinski definition) is 7. The van der Waals surface area contributed by atoms with E-state index in [0.29, 0.717) is 49.9 Å². The van der Waals surface area contributed by atoms with E-state index >= 15 is 0 Å². The van der Waals surface area contributed by atoms with Crippen molar-refractivity contribution in [3.05, 3.63) is 101 Å². The molecular formula is C77H115N11O15S. The third kappa shape index (κ3) is 27.2. The van der Waals surface area contributed by atoms with Gasteiger partial charge in [-0.15, -0.1) is 11.3 Å². The highest BCUT2D eigenvalue weighted by molar-refractivity contribution is 7.09. The van der Waals surface area contributed by atoms with E-state index in [4.69, 9.17) is 24.7 Å². The van der Waals surface area contributed by atoms with Crippen LogP contribution in [0.3, 0.4) is 0 Å². The Morgan fingerprint density at radius 1 is 0.760 bits per heavy atom. The number of unbranched alkanes of at least 4 members (excludes halogenated alkanes) is 1. The molecule has 27 heteroatoms. The van der Waals surface area contributed by atoms with E-state index in [1.54, 1.807) is 84.1 Å². The number of carbonyl (C=O) groups is 11. The van der Waals surface area contributed by atoms with Crippen LogP contribution in [0.25, 0.3) is 0 Å². The summed E-state index contributed by atoms with van der Waals surface area (Å²) in [7, 11) is 4.79. The molecule has 8 amide bonds. The highest BCUT2D eigenvalue weighted by Crippen LogP contribution is 2.34. The second kappa shape index (κ2) is 41.9. The maximum Gasteiger partial charge on any atom is 0.408 e. The van der Waals surface area contributed by atoms with Gasteiger partial charge >= 0.3 is 18.2 Å². The van der Waals surface area contributed by atoms with Crippen LogP contribution in [0.4, 0.5) is 20.1 Å². The number of primary amides is 1. The standard InChI is InChI=1S/C77H115N11O15S/c1-16-49(6)67(63(100-14)43-65(93)88-36-23-28-59(88)68(101-15)50(7)60(89)41-55(71-80-35-37-104-71)38-51-24-18-17-19-25-51)87(13)72(96)57(47(2)3)42-64(92)77(11,12)86-75(99)102-45-52-29-31-56(32-30-52)84-69(94)54(27-22-34-81-73(78)97)40-62(91)66(48(4)5)85-70(95)53(39-61(90)58-44-79-46-83-58)26-20-21-33-82-74(98)103-76(8,9)10/h17-19,24-25,29-32,35,37,44,46-50,53-55,57,59,63,66-68H,16,20-23,26-28,33-34,36,38-43,45H2,1-15H3,(H,79,83)(H,82,98)(H,84,94)(H,85,95)(H,86,99)(H3,78,81,97)/t49-,50-,53+,54+,55+,57-,59-,63+,66-,67-,68+/m0/s1. The topological polar surface area (TPSA) is 359 Å². The number of likely N-dealkylation sites (tertiary alicyclic amines) is 1. The van der Waals surface area contributed by atoms with Crippen molar-refractivity contribution in [2.75, 3.05) is 46.2 Å². The Balaban J connectivity index is 1.18. The quantitative estimate of drug-likeness (QED) is 0.0160. The zero-order valence-electron chi connectivity index (χ0n) is 63.6. The van der Waals surface area contributed by atoms with Gasteiger partial charge < -0.3 is 66.0 Å². The first-order valence-electron chi connectivity index (χ1n) is 36.5. The van der Waals surface area contributed by atoms with Gasteiger partial charge in [0.15, 0.2) is 17.3 Å². The number of aromatic nitrogens is 3. The Morgan fingerprint density at radius 2 is 1.43 bits per heavy atom. The molecule has 0 saturated carbocycles. The zero-order chi connectivity index (χ0) is 77.0. The lowest BCUT2D eigenvalue weighted by Gasteiger charge is -2.41. The van der Waals surface area contributed by atoms with E-state index in [1.165, 1.54) is 44.8 Å². The SMILES string of the molecule is CC[C@H](C)[C@@H]([C@@H](CC(=O)N1CCC[C@H]1[C@H](OC)[C@@H](C)C(=O)C[C@@H](Cc1ccccc1)c1nccs1)OC)N(C)C(=O)[C@@H](CC(=O)C(C)(C)NC(=O)OCc1ccc(NC(=O)[C@H](CCCNC(N)=O)CC(=O)[C@@H](NC(=O)[C@H](CCCCNC(=O)OC(C)(C)C)CC(=O)c2cnc[nH]2)C(C)C)cc1)C(C)C. The summed E-state index contributed by atoms with van der Waals surface area (Å²) >= 11 is 1.53. The Hall–Kier alpha value is -8.43. The number of carbonyl (C=O) groups excluding carboxylic acids is 11. The van der Waals surface area contributed by atoms with Gasteiger partial charge in [0.25, 0.3) is 0 Å². The number of nitrogens with two attached hydrogens (primary N) is 1.